The van der Waals surface area contributed by atoms with Crippen molar-refractivity contribution >= 4 is 11.4 Å². The van der Waals surface area contributed by atoms with Crippen LogP contribution in [0.15, 0.2) is 18.2 Å². The molecule has 0 spiro atoms. The van der Waals surface area contributed by atoms with Crippen LogP contribution in [0.5, 0.6) is 0 Å². The van der Waals surface area contributed by atoms with E-state index in [0.29, 0.717) is 6.04 Å². The van der Waals surface area contributed by atoms with Gasteiger partial charge in [0, 0.05) is 18.0 Å². The van der Waals surface area contributed by atoms with Gasteiger partial charge in [-0.05, 0) is 37.1 Å². The Bertz CT molecular complexity index is 319. The lowest BCUT2D eigenvalue weighted by atomic mass is 10.1. The topological polar surface area (TPSA) is 47.3 Å². The van der Waals surface area contributed by atoms with Crippen LogP contribution in [0.3, 0.4) is 0 Å². The lowest BCUT2D eigenvalue weighted by molar-refractivity contribution is 0.195. The molecule has 1 aliphatic heterocycles. The van der Waals surface area contributed by atoms with Gasteiger partial charge in [0.1, 0.15) is 0 Å². The molecule has 14 heavy (non-hydrogen) atoms. The largest absolute Gasteiger partial charge is 0.399 e. The number of nitrogens with one attached hydrogen (secondary N) is 1. The van der Waals surface area contributed by atoms with E-state index in [4.69, 9.17) is 10.5 Å². The minimum Gasteiger partial charge on any atom is -0.399 e. The van der Waals surface area contributed by atoms with Crippen molar-refractivity contribution in [3.05, 3.63) is 23.8 Å². The number of hydrogen-bond donors (Lipinski definition) is 2. The maximum atomic E-state index is 5.68. The van der Waals surface area contributed by atoms with Crippen LogP contribution in [0.25, 0.3) is 0 Å². The number of nitrogens with two attached hydrogens (primary N) is 1. The standard InChI is InChI=1S/C11H16N2O/c1-8-6-9(12)2-3-11(8)13-10-4-5-14-7-10/h2-3,6,10,13H,4-5,7,12H2,1H3. The Balaban J connectivity index is 2.08. The van der Waals surface area contributed by atoms with Crippen LogP contribution < -0.4 is 11.1 Å². The molecule has 3 N–H and O–H groups in total. The quantitative estimate of drug-likeness (QED) is 0.702. The molecule has 1 heterocycles. The maximum Gasteiger partial charge on any atom is 0.0668 e. The van der Waals surface area contributed by atoms with E-state index >= 15 is 0 Å². The second-order valence-corrected chi connectivity index (χ2v) is 3.78. The fourth-order valence-electron chi connectivity index (χ4n) is 1.72. The predicted octanol–water partition coefficient (Wildman–Crippen LogP) is 1.78. The molecule has 3 nitrogen and oxygen atoms in total. The molecule has 3 heteroatoms. The van der Waals surface area contributed by atoms with Crippen LogP contribution in [0.2, 0.25) is 0 Å². The summed E-state index contributed by atoms with van der Waals surface area (Å²) in [6.07, 6.45) is 1.09. The number of ether oxygens (including phenoxy) is 1. The number of rotatable bonds is 2. The fraction of sp³-hybridized carbons (Fsp3) is 0.455. The minimum absolute atomic E-state index is 0.456. The zero-order valence-corrected chi connectivity index (χ0v) is 8.42. The Morgan fingerprint density at radius 2 is 2.36 bits per heavy atom. The average molecular weight is 192 g/mol. The first-order valence-corrected chi connectivity index (χ1v) is 4.96. The molecule has 0 amide bonds. The molecule has 0 saturated carbocycles. The summed E-state index contributed by atoms with van der Waals surface area (Å²) in [5.74, 6) is 0. The molecule has 1 unspecified atom stereocenters. The second kappa shape index (κ2) is 3.88. The van der Waals surface area contributed by atoms with Crippen molar-refractivity contribution in [1.29, 1.82) is 0 Å². The van der Waals surface area contributed by atoms with Gasteiger partial charge in [0.15, 0.2) is 0 Å². The smallest absolute Gasteiger partial charge is 0.0668 e. The summed E-state index contributed by atoms with van der Waals surface area (Å²) in [6, 6.07) is 6.39. The van der Waals surface area contributed by atoms with Crippen LogP contribution in [-0.2, 0) is 4.74 Å². The van der Waals surface area contributed by atoms with Gasteiger partial charge in [-0.3, -0.25) is 0 Å². The van der Waals surface area contributed by atoms with E-state index in [-0.39, 0.29) is 0 Å². The number of hydrogen-bond acceptors (Lipinski definition) is 3. The van der Waals surface area contributed by atoms with Gasteiger partial charge < -0.3 is 15.8 Å². The van der Waals surface area contributed by atoms with Gasteiger partial charge in [0.2, 0.25) is 0 Å². The molecule has 76 valence electrons. The van der Waals surface area contributed by atoms with Crippen molar-refractivity contribution in [2.75, 3.05) is 24.3 Å². The average Bonchev–Trinajstić information content (AvgIpc) is 2.62. The van der Waals surface area contributed by atoms with Gasteiger partial charge in [0.25, 0.3) is 0 Å². The summed E-state index contributed by atoms with van der Waals surface area (Å²) in [6.45, 7) is 3.74. The molecule has 1 saturated heterocycles. The minimum atomic E-state index is 0.456. The van der Waals surface area contributed by atoms with E-state index in [1.807, 2.05) is 18.2 Å². The number of aryl methyl sites for hydroxylation is 1. The Kier molecular flexibility index (Phi) is 2.59. The zero-order chi connectivity index (χ0) is 9.97. The third kappa shape index (κ3) is 1.99. The van der Waals surface area contributed by atoms with E-state index in [1.165, 1.54) is 5.56 Å². The highest BCUT2D eigenvalue weighted by atomic mass is 16.5. The van der Waals surface area contributed by atoms with Gasteiger partial charge in [-0.15, -0.1) is 0 Å². The van der Waals surface area contributed by atoms with Crippen molar-refractivity contribution in [3.8, 4) is 0 Å². The first-order chi connectivity index (χ1) is 6.75. The van der Waals surface area contributed by atoms with E-state index in [2.05, 4.69) is 12.2 Å². The van der Waals surface area contributed by atoms with Crippen molar-refractivity contribution in [2.24, 2.45) is 0 Å². The Hall–Kier alpha value is -1.22. The van der Waals surface area contributed by atoms with Crippen molar-refractivity contribution in [1.82, 2.24) is 0 Å². The van der Waals surface area contributed by atoms with Crippen LogP contribution in [-0.4, -0.2) is 19.3 Å². The van der Waals surface area contributed by atoms with E-state index < -0.39 is 0 Å². The lowest BCUT2D eigenvalue weighted by Crippen LogP contribution is -2.19. The molecule has 0 aromatic heterocycles. The second-order valence-electron chi connectivity index (χ2n) is 3.78. The number of benzene rings is 1. The summed E-state index contributed by atoms with van der Waals surface area (Å²) in [4.78, 5) is 0. The van der Waals surface area contributed by atoms with Gasteiger partial charge in [-0.2, -0.15) is 0 Å². The van der Waals surface area contributed by atoms with E-state index in [1.54, 1.807) is 0 Å². The summed E-state index contributed by atoms with van der Waals surface area (Å²) >= 11 is 0. The predicted molar refractivity (Wildman–Crippen MR) is 58.4 cm³/mol. The SMILES string of the molecule is Cc1cc(N)ccc1NC1CCOC1. The van der Waals surface area contributed by atoms with Crippen molar-refractivity contribution < 1.29 is 4.74 Å². The molecule has 1 aromatic rings. The summed E-state index contributed by atoms with van der Waals surface area (Å²) in [5, 5.41) is 3.46. The van der Waals surface area contributed by atoms with Crippen molar-refractivity contribution in [2.45, 2.75) is 19.4 Å². The van der Waals surface area contributed by atoms with Crippen LogP contribution in [0, 0.1) is 6.92 Å². The summed E-state index contributed by atoms with van der Waals surface area (Å²) in [5.41, 5.74) is 8.85. The molecule has 1 aromatic carbocycles. The highest BCUT2D eigenvalue weighted by Gasteiger charge is 2.15. The molecule has 0 bridgehead atoms. The third-order valence-corrected chi connectivity index (χ3v) is 2.54. The first-order valence-electron chi connectivity index (χ1n) is 4.96. The van der Waals surface area contributed by atoms with Crippen LogP contribution >= 0.6 is 0 Å². The molecule has 0 radical (unpaired) electrons. The van der Waals surface area contributed by atoms with E-state index in [0.717, 1.165) is 31.0 Å². The summed E-state index contributed by atoms with van der Waals surface area (Å²) in [7, 11) is 0. The Labute approximate surface area is 84.3 Å². The molecule has 0 aliphatic carbocycles. The van der Waals surface area contributed by atoms with Gasteiger partial charge in [-0.25, -0.2) is 0 Å². The summed E-state index contributed by atoms with van der Waals surface area (Å²) < 4.78 is 5.31. The monoisotopic (exact) mass is 192 g/mol. The van der Waals surface area contributed by atoms with Crippen molar-refractivity contribution in [3.63, 3.8) is 0 Å². The molecular formula is C11H16N2O. The fourth-order valence-corrected chi connectivity index (χ4v) is 1.72. The maximum absolute atomic E-state index is 5.68. The number of nitrogen functional groups attached to an aromatic ring is 1. The van der Waals surface area contributed by atoms with Crippen LogP contribution in [0.1, 0.15) is 12.0 Å². The highest BCUT2D eigenvalue weighted by Crippen LogP contribution is 2.20. The number of anilines is 2. The first kappa shape index (κ1) is 9.34. The Morgan fingerprint density at radius 1 is 1.50 bits per heavy atom. The van der Waals surface area contributed by atoms with E-state index in [9.17, 15) is 0 Å². The Morgan fingerprint density at radius 3 is 3.00 bits per heavy atom. The lowest BCUT2D eigenvalue weighted by Gasteiger charge is -2.14. The van der Waals surface area contributed by atoms with Crippen LogP contribution in [0.4, 0.5) is 11.4 Å². The highest BCUT2D eigenvalue weighted by molar-refractivity contribution is 5.57. The molecular weight excluding hydrogens is 176 g/mol. The van der Waals surface area contributed by atoms with Gasteiger partial charge in [0.05, 0.1) is 12.6 Å². The third-order valence-electron chi connectivity index (χ3n) is 2.54. The normalized spacial score (nSPS) is 21.1. The molecule has 1 aliphatic rings. The molecule has 1 fully saturated rings. The molecule has 2 rings (SSSR count). The van der Waals surface area contributed by atoms with Gasteiger partial charge >= 0.3 is 0 Å². The zero-order valence-electron chi connectivity index (χ0n) is 8.42. The van der Waals surface area contributed by atoms with Gasteiger partial charge in [-0.1, -0.05) is 0 Å². The molecule has 1 atom stereocenters.